The molecular weight excluding hydrogens is 428 g/mol. The normalized spacial score (nSPS) is 16.2. The zero-order valence-electron chi connectivity index (χ0n) is 19.0. The van der Waals surface area contributed by atoms with Gasteiger partial charge in [0.15, 0.2) is 17.3 Å². The largest absolute Gasteiger partial charge is 0.503 e. The quantitative estimate of drug-likeness (QED) is 0.511. The summed E-state index contributed by atoms with van der Waals surface area (Å²) < 4.78 is 11.4. The van der Waals surface area contributed by atoms with Crippen LogP contribution in [0.1, 0.15) is 41.5 Å². The zero-order valence-corrected chi connectivity index (χ0v) is 19.8. The van der Waals surface area contributed by atoms with E-state index in [1.165, 1.54) is 11.3 Å². The van der Waals surface area contributed by atoms with Gasteiger partial charge in [0, 0.05) is 6.54 Å². The number of amides is 1. The highest BCUT2D eigenvalue weighted by molar-refractivity contribution is 7.12. The Morgan fingerprint density at radius 1 is 1.16 bits per heavy atom. The number of rotatable bonds is 11. The molecule has 8 heteroatoms. The van der Waals surface area contributed by atoms with E-state index < -0.39 is 17.7 Å². The fourth-order valence-corrected chi connectivity index (χ4v) is 4.48. The number of aliphatic hydroxyl groups excluding tert-OH is 1. The van der Waals surface area contributed by atoms with Crippen LogP contribution in [0.3, 0.4) is 0 Å². The maximum Gasteiger partial charge on any atom is 0.290 e. The Bertz CT molecular complexity index is 984. The number of hydrogen-bond acceptors (Lipinski definition) is 7. The number of ketones is 1. The molecule has 0 saturated heterocycles. The van der Waals surface area contributed by atoms with Crippen molar-refractivity contribution in [2.24, 2.45) is 0 Å². The molecule has 2 heterocycles. The smallest absolute Gasteiger partial charge is 0.290 e. The third kappa shape index (κ3) is 4.97. The monoisotopic (exact) mass is 458 g/mol. The molecule has 1 unspecified atom stereocenters. The number of carbonyl (C=O) groups is 2. The molecule has 0 aliphatic carbocycles. The minimum atomic E-state index is -0.700. The molecular formula is C24H30N2O5S. The number of ether oxygens (including phenoxy) is 2. The fourth-order valence-electron chi connectivity index (χ4n) is 3.80. The van der Waals surface area contributed by atoms with E-state index in [-0.39, 0.29) is 11.4 Å². The number of benzene rings is 1. The molecule has 0 spiro atoms. The number of aliphatic hydroxyl groups is 1. The van der Waals surface area contributed by atoms with Gasteiger partial charge in [-0.2, -0.15) is 0 Å². The van der Waals surface area contributed by atoms with Gasteiger partial charge in [-0.1, -0.05) is 12.1 Å². The van der Waals surface area contributed by atoms with Gasteiger partial charge in [-0.25, -0.2) is 0 Å². The average molecular weight is 459 g/mol. The second-order valence-corrected chi connectivity index (χ2v) is 8.65. The van der Waals surface area contributed by atoms with E-state index in [0.29, 0.717) is 48.1 Å². The van der Waals surface area contributed by atoms with Crippen molar-refractivity contribution in [2.75, 3.05) is 40.4 Å². The molecule has 0 fully saturated rings. The summed E-state index contributed by atoms with van der Waals surface area (Å²) in [5.41, 5.74) is 0.799. The van der Waals surface area contributed by atoms with Crippen LogP contribution >= 0.6 is 11.3 Å². The maximum absolute atomic E-state index is 13.3. The Balaban J connectivity index is 2.05. The molecule has 1 amide bonds. The number of hydrogen-bond donors (Lipinski definition) is 1. The van der Waals surface area contributed by atoms with Crippen molar-refractivity contribution in [2.45, 2.75) is 26.3 Å². The predicted octanol–water partition coefficient (Wildman–Crippen LogP) is 4.08. The first kappa shape index (κ1) is 23.8. The van der Waals surface area contributed by atoms with Crippen LogP contribution in [0.15, 0.2) is 47.0 Å². The van der Waals surface area contributed by atoms with E-state index in [9.17, 15) is 14.7 Å². The van der Waals surface area contributed by atoms with Gasteiger partial charge in [-0.3, -0.25) is 9.59 Å². The van der Waals surface area contributed by atoms with Crippen LogP contribution in [0.25, 0.3) is 0 Å². The van der Waals surface area contributed by atoms with Crippen LogP contribution in [0.2, 0.25) is 0 Å². The third-order valence-corrected chi connectivity index (χ3v) is 6.05. The summed E-state index contributed by atoms with van der Waals surface area (Å²) in [5.74, 6) is -0.203. The number of nitrogens with zero attached hydrogens (tertiary/aromatic N) is 2. The lowest BCUT2D eigenvalue weighted by atomic mass is 9.95. The molecule has 7 nitrogen and oxygen atoms in total. The molecule has 1 N–H and O–H groups in total. The number of thiophene rings is 1. The van der Waals surface area contributed by atoms with E-state index in [1.807, 2.05) is 38.9 Å². The fraction of sp³-hybridized carbons (Fsp3) is 0.417. The summed E-state index contributed by atoms with van der Waals surface area (Å²) in [6.07, 6.45) is 0.707. The van der Waals surface area contributed by atoms with Crippen molar-refractivity contribution in [1.82, 2.24) is 9.80 Å². The number of carbonyl (C=O) groups excluding carboxylic acids is 2. The Kier molecular flexibility index (Phi) is 7.93. The lowest BCUT2D eigenvalue weighted by molar-refractivity contribution is -0.129. The van der Waals surface area contributed by atoms with Gasteiger partial charge >= 0.3 is 0 Å². The lowest BCUT2D eigenvalue weighted by Gasteiger charge is -2.28. The van der Waals surface area contributed by atoms with Crippen molar-refractivity contribution >= 4 is 23.0 Å². The van der Waals surface area contributed by atoms with E-state index in [0.717, 1.165) is 6.54 Å². The van der Waals surface area contributed by atoms with Crippen LogP contribution in [0, 0.1) is 0 Å². The average Bonchev–Trinajstić information content (AvgIpc) is 3.38. The number of Topliss-reactive ketones (excluding diaryl/α,β-unsaturated/α-hetero) is 1. The summed E-state index contributed by atoms with van der Waals surface area (Å²) in [7, 11) is 3.93. The van der Waals surface area contributed by atoms with Crippen LogP contribution in [-0.4, -0.2) is 67.0 Å². The molecule has 0 bridgehead atoms. The Hall–Kier alpha value is -2.84. The molecule has 172 valence electrons. The first-order valence-corrected chi connectivity index (χ1v) is 11.6. The predicted molar refractivity (Wildman–Crippen MR) is 125 cm³/mol. The van der Waals surface area contributed by atoms with Crippen molar-refractivity contribution in [3.63, 3.8) is 0 Å². The molecule has 1 aromatic heterocycles. The Morgan fingerprint density at radius 2 is 1.88 bits per heavy atom. The molecule has 1 atom stereocenters. The molecule has 1 aliphatic heterocycles. The van der Waals surface area contributed by atoms with Gasteiger partial charge in [0.2, 0.25) is 5.78 Å². The second kappa shape index (κ2) is 10.7. The van der Waals surface area contributed by atoms with Crippen LogP contribution in [0.5, 0.6) is 11.5 Å². The van der Waals surface area contributed by atoms with Gasteiger partial charge in [0.05, 0.1) is 29.7 Å². The SMILES string of the molecule is CCOc1ccc(C2C(C(=O)c3cccs3)=C(O)C(=O)N2CCCN(C)C)cc1OCC. The van der Waals surface area contributed by atoms with E-state index >= 15 is 0 Å². The molecule has 3 rings (SSSR count). The Morgan fingerprint density at radius 3 is 2.50 bits per heavy atom. The molecule has 2 aromatic rings. The van der Waals surface area contributed by atoms with Crippen LogP contribution < -0.4 is 9.47 Å². The van der Waals surface area contributed by atoms with Gasteiger partial charge < -0.3 is 24.4 Å². The van der Waals surface area contributed by atoms with Crippen molar-refractivity contribution < 1.29 is 24.2 Å². The molecule has 32 heavy (non-hydrogen) atoms. The first-order valence-electron chi connectivity index (χ1n) is 10.8. The van der Waals surface area contributed by atoms with E-state index in [1.54, 1.807) is 34.5 Å². The van der Waals surface area contributed by atoms with E-state index in [2.05, 4.69) is 0 Å². The van der Waals surface area contributed by atoms with Crippen molar-refractivity contribution in [1.29, 1.82) is 0 Å². The first-order chi connectivity index (χ1) is 15.4. The summed E-state index contributed by atoms with van der Waals surface area (Å²) in [6.45, 7) is 5.89. The highest BCUT2D eigenvalue weighted by Gasteiger charge is 2.44. The molecule has 0 radical (unpaired) electrons. The lowest BCUT2D eigenvalue weighted by Crippen LogP contribution is -2.33. The topological polar surface area (TPSA) is 79.3 Å². The van der Waals surface area contributed by atoms with Crippen LogP contribution in [-0.2, 0) is 4.79 Å². The van der Waals surface area contributed by atoms with Crippen molar-refractivity contribution in [3.05, 3.63) is 57.5 Å². The van der Waals surface area contributed by atoms with Gasteiger partial charge in [0.1, 0.15) is 0 Å². The van der Waals surface area contributed by atoms with Gasteiger partial charge in [-0.15, -0.1) is 11.3 Å². The minimum Gasteiger partial charge on any atom is -0.503 e. The molecule has 0 saturated carbocycles. The van der Waals surface area contributed by atoms with Gasteiger partial charge in [-0.05, 0) is 70.1 Å². The standard InChI is InChI=1S/C24H30N2O5S/c1-5-30-17-11-10-16(15-18(17)31-6-2)21-20(22(27)19-9-7-14-32-19)23(28)24(29)26(21)13-8-12-25(3)4/h7,9-11,14-15,21,28H,5-6,8,12-13H2,1-4H3. The minimum absolute atomic E-state index is 0.105. The highest BCUT2D eigenvalue weighted by Crippen LogP contribution is 2.42. The third-order valence-electron chi connectivity index (χ3n) is 5.18. The second-order valence-electron chi connectivity index (χ2n) is 7.70. The van der Waals surface area contributed by atoms with Gasteiger partial charge in [0.25, 0.3) is 5.91 Å². The van der Waals surface area contributed by atoms with Crippen LogP contribution in [0.4, 0.5) is 0 Å². The summed E-state index contributed by atoms with van der Waals surface area (Å²) in [4.78, 5) is 30.4. The van der Waals surface area contributed by atoms with Crippen molar-refractivity contribution in [3.8, 4) is 11.5 Å². The molecule has 1 aliphatic rings. The highest BCUT2D eigenvalue weighted by atomic mass is 32.1. The summed E-state index contributed by atoms with van der Waals surface area (Å²) >= 11 is 1.29. The van der Waals surface area contributed by atoms with E-state index in [4.69, 9.17) is 9.47 Å². The maximum atomic E-state index is 13.3. The zero-order chi connectivity index (χ0) is 23.3. The summed E-state index contributed by atoms with van der Waals surface area (Å²) in [6, 6.07) is 8.19. The summed E-state index contributed by atoms with van der Waals surface area (Å²) in [5, 5.41) is 12.6. The molecule has 1 aromatic carbocycles. The Labute approximate surface area is 192 Å².